The lowest BCUT2D eigenvalue weighted by Gasteiger charge is -2.56. The highest BCUT2D eigenvalue weighted by molar-refractivity contribution is 5.77. The molecular weight excluding hydrogens is 308 g/mol. The Morgan fingerprint density at radius 2 is 2.12 bits per heavy atom. The summed E-state index contributed by atoms with van der Waals surface area (Å²) in [7, 11) is 1.73. The highest BCUT2D eigenvalue weighted by Gasteiger charge is 2.55. The van der Waals surface area contributed by atoms with Gasteiger partial charge in [0.25, 0.3) is 0 Å². The van der Waals surface area contributed by atoms with Gasteiger partial charge in [0, 0.05) is 39.4 Å². The Balaban J connectivity index is 1.37. The van der Waals surface area contributed by atoms with Crippen molar-refractivity contribution in [3.63, 3.8) is 0 Å². The van der Waals surface area contributed by atoms with Crippen LogP contribution in [0, 0.1) is 12.3 Å². The molecule has 1 aliphatic carbocycles. The van der Waals surface area contributed by atoms with E-state index in [9.17, 15) is 4.79 Å². The number of methoxy groups -OCH3 is 1. The Morgan fingerprint density at radius 3 is 2.75 bits per heavy atom. The summed E-state index contributed by atoms with van der Waals surface area (Å²) in [4.78, 5) is 12.2. The lowest BCUT2D eigenvalue weighted by molar-refractivity contribution is -0.185. The van der Waals surface area contributed by atoms with Crippen molar-refractivity contribution in [1.29, 1.82) is 0 Å². The summed E-state index contributed by atoms with van der Waals surface area (Å²) in [5.41, 5.74) is 0.963. The first-order chi connectivity index (χ1) is 11.5. The van der Waals surface area contributed by atoms with E-state index in [1.54, 1.807) is 7.11 Å². The highest BCUT2D eigenvalue weighted by Crippen LogP contribution is 2.57. The third-order valence-electron chi connectivity index (χ3n) is 5.46. The maximum Gasteiger partial charge on any atom is 0.222 e. The fourth-order valence-electron chi connectivity index (χ4n) is 4.19. The number of nitrogens with one attached hydrogen (secondary N) is 1. The van der Waals surface area contributed by atoms with Gasteiger partial charge in [0.05, 0.1) is 17.7 Å². The van der Waals surface area contributed by atoms with Gasteiger partial charge < -0.3 is 19.3 Å². The van der Waals surface area contributed by atoms with Gasteiger partial charge in [0.15, 0.2) is 0 Å². The highest BCUT2D eigenvalue weighted by atomic mass is 16.5. The number of rotatable bonds is 7. The Hall–Kier alpha value is -1.40. The van der Waals surface area contributed by atoms with Crippen LogP contribution in [0.3, 0.4) is 0 Å². The molecule has 1 N–H and O–H groups in total. The van der Waals surface area contributed by atoms with Crippen LogP contribution in [0.4, 0.5) is 0 Å². The van der Waals surface area contributed by atoms with Crippen molar-refractivity contribution in [1.82, 2.24) is 10.5 Å². The van der Waals surface area contributed by atoms with Crippen molar-refractivity contribution in [3.05, 3.63) is 17.5 Å². The lowest BCUT2D eigenvalue weighted by atomic mass is 9.54. The minimum Gasteiger partial charge on any atom is -0.381 e. The van der Waals surface area contributed by atoms with Gasteiger partial charge in [-0.2, -0.15) is 0 Å². The second-order valence-electron chi connectivity index (χ2n) is 7.42. The van der Waals surface area contributed by atoms with Crippen LogP contribution in [0.2, 0.25) is 0 Å². The molecule has 2 fully saturated rings. The zero-order valence-electron chi connectivity index (χ0n) is 14.7. The van der Waals surface area contributed by atoms with E-state index in [0.717, 1.165) is 63.2 Å². The van der Waals surface area contributed by atoms with E-state index in [4.69, 9.17) is 14.0 Å². The van der Waals surface area contributed by atoms with E-state index in [2.05, 4.69) is 10.5 Å². The van der Waals surface area contributed by atoms with Gasteiger partial charge in [0.1, 0.15) is 5.76 Å². The van der Waals surface area contributed by atoms with E-state index in [-0.39, 0.29) is 11.5 Å². The van der Waals surface area contributed by atoms with Gasteiger partial charge in [-0.05, 0) is 44.4 Å². The number of hydrogen-bond acceptors (Lipinski definition) is 5. The molecule has 0 radical (unpaired) electrons. The number of aromatic nitrogens is 1. The molecule has 1 aromatic rings. The number of carbonyl (C=O) groups is 1. The van der Waals surface area contributed by atoms with Crippen molar-refractivity contribution >= 4 is 5.91 Å². The quantitative estimate of drug-likeness (QED) is 0.774. The molecule has 1 saturated heterocycles. The molecule has 1 aromatic heterocycles. The standard InChI is InChI=1S/C18H28N2O4/c1-14-10-15(24-20-14)4-3-7-19-16(21)11-18(22-2)12-17(13-18)5-8-23-9-6-17/h10H,3-9,11-13H2,1-2H3,(H,19,21). The monoisotopic (exact) mass is 336 g/mol. The molecule has 2 heterocycles. The predicted molar refractivity (Wildman–Crippen MR) is 88.6 cm³/mol. The molecule has 0 atom stereocenters. The molecule has 1 saturated carbocycles. The number of nitrogens with zero attached hydrogens (tertiary/aromatic N) is 1. The van der Waals surface area contributed by atoms with E-state index < -0.39 is 0 Å². The van der Waals surface area contributed by atoms with Gasteiger partial charge in [-0.1, -0.05) is 5.16 Å². The molecule has 134 valence electrons. The number of carbonyl (C=O) groups excluding carboxylic acids is 1. The SMILES string of the molecule is COC1(CC(=O)NCCCc2cc(C)no2)CC2(CCOCC2)C1. The molecule has 1 spiro atoms. The van der Waals surface area contributed by atoms with Crippen molar-refractivity contribution in [2.24, 2.45) is 5.41 Å². The molecule has 2 aliphatic rings. The van der Waals surface area contributed by atoms with E-state index in [1.807, 2.05) is 13.0 Å². The summed E-state index contributed by atoms with van der Waals surface area (Å²) in [5.74, 6) is 0.947. The van der Waals surface area contributed by atoms with Crippen molar-refractivity contribution < 1.29 is 18.8 Å². The Kier molecular flexibility index (Phi) is 5.25. The van der Waals surface area contributed by atoms with E-state index >= 15 is 0 Å². The van der Waals surface area contributed by atoms with Crippen LogP contribution in [0.25, 0.3) is 0 Å². The van der Waals surface area contributed by atoms with Crippen LogP contribution in [0.15, 0.2) is 10.6 Å². The summed E-state index contributed by atoms with van der Waals surface area (Å²) < 4.78 is 16.3. The normalized spacial score (nSPS) is 21.4. The summed E-state index contributed by atoms with van der Waals surface area (Å²) in [5, 5.41) is 6.87. The number of ether oxygens (including phenoxy) is 2. The fourth-order valence-corrected chi connectivity index (χ4v) is 4.19. The number of aryl methyl sites for hydroxylation is 2. The Morgan fingerprint density at radius 1 is 1.38 bits per heavy atom. The summed E-state index contributed by atoms with van der Waals surface area (Å²) in [6, 6.07) is 1.93. The first-order valence-electron chi connectivity index (χ1n) is 8.87. The van der Waals surface area contributed by atoms with Crippen LogP contribution >= 0.6 is 0 Å². The molecular formula is C18H28N2O4. The maximum absolute atomic E-state index is 12.2. The summed E-state index contributed by atoms with van der Waals surface area (Å²) >= 11 is 0. The first kappa shape index (κ1) is 17.4. The zero-order chi connectivity index (χ0) is 17.0. The fraction of sp³-hybridized carbons (Fsp3) is 0.778. The molecule has 1 amide bonds. The number of amides is 1. The number of hydrogen-bond donors (Lipinski definition) is 1. The Labute approximate surface area is 143 Å². The second-order valence-corrected chi connectivity index (χ2v) is 7.42. The third kappa shape index (κ3) is 3.98. The van der Waals surface area contributed by atoms with Crippen LogP contribution in [-0.2, 0) is 20.7 Å². The molecule has 6 nitrogen and oxygen atoms in total. The second kappa shape index (κ2) is 7.23. The van der Waals surface area contributed by atoms with Crippen LogP contribution in [-0.4, -0.2) is 43.5 Å². The minimum absolute atomic E-state index is 0.0764. The van der Waals surface area contributed by atoms with Crippen molar-refractivity contribution in [2.45, 2.75) is 57.5 Å². The van der Waals surface area contributed by atoms with E-state index in [0.29, 0.717) is 18.4 Å². The molecule has 0 bridgehead atoms. The average molecular weight is 336 g/mol. The lowest BCUT2D eigenvalue weighted by Crippen LogP contribution is -2.56. The maximum atomic E-state index is 12.2. The minimum atomic E-state index is -0.274. The molecule has 0 unspecified atom stereocenters. The van der Waals surface area contributed by atoms with Gasteiger partial charge in [-0.3, -0.25) is 4.79 Å². The van der Waals surface area contributed by atoms with Crippen molar-refractivity contribution in [2.75, 3.05) is 26.9 Å². The van der Waals surface area contributed by atoms with Crippen LogP contribution < -0.4 is 5.32 Å². The zero-order valence-corrected chi connectivity index (χ0v) is 14.7. The summed E-state index contributed by atoms with van der Waals surface area (Å²) in [6.45, 7) is 4.24. The molecule has 0 aromatic carbocycles. The molecule has 1 aliphatic heterocycles. The topological polar surface area (TPSA) is 73.6 Å². The van der Waals surface area contributed by atoms with Gasteiger partial charge in [-0.25, -0.2) is 0 Å². The summed E-state index contributed by atoms with van der Waals surface area (Å²) in [6.07, 6.45) is 6.23. The average Bonchev–Trinajstić information content (AvgIpc) is 2.96. The van der Waals surface area contributed by atoms with Gasteiger partial charge in [-0.15, -0.1) is 0 Å². The molecule has 3 rings (SSSR count). The first-order valence-corrected chi connectivity index (χ1v) is 8.87. The smallest absolute Gasteiger partial charge is 0.222 e. The Bertz CT molecular complexity index is 555. The third-order valence-corrected chi connectivity index (χ3v) is 5.46. The predicted octanol–water partition coefficient (Wildman–Crippen LogP) is 2.40. The largest absolute Gasteiger partial charge is 0.381 e. The van der Waals surface area contributed by atoms with Crippen LogP contribution in [0.5, 0.6) is 0 Å². The van der Waals surface area contributed by atoms with Crippen molar-refractivity contribution in [3.8, 4) is 0 Å². The molecule has 6 heteroatoms. The molecule has 24 heavy (non-hydrogen) atoms. The van der Waals surface area contributed by atoms with Gasteiger partial charge in [0.2, 0.25) is 5.91 Å². The van der Waals surface area contributed by atoms with Gasteiger partial charge >= 0.3 is 0 Å². The van der Waals surface area contributed by atoms with Crippen LogP contribution in [0.1, 0.15) is 50.0 Å². The van der Waals surface area contributed by atoms with E-state index in [1.165, 1.54) is 0 Å².